The molecule has 1 aromatic heterocycles. The SMILES string of the molecule is C#CCCC(N)c1ccncc1F. The van der Waals surface area contributed by atoms with Crippen molar-refractivity contribution in [3.8, 4) is 12.3 Å². The molecule has 0 saturated heterocycles. The largest absolute Gasteiger partial charge is 0.324 e. The maximum atomic E-state index is 13.1. The molecule has 2 N–H and O–H groups in total. The molecule has 0 saturated carbocycles. The van der Waals surface area contributed by atoms with Crippen molar-refractivity contribution in [2.45, 2.75) is 18.9 Å². The molecule has 2 nitrogen and oxygen atoms in total. The first-order valence-corrected chi connectivity index (χ1v) is 4.04. The zero-order valence-corrected chi connectivity index (χ0v) is 7.20. The fourth-order valence-corrected chi connectivity index (χ4v) is 1.08. The number of halogens is 1. The predicted octanol–water partition coefficient (Wildman–Crippen LogP) is 1.63. The molecule has 1 atom stereocenters. The Balaban J connectivity index is 2.72. The van der Waals surface area contributed by atoms with Crippen molar-refractivity contribution in [3.05, 3.63) is 29.8 Å². The van der Waals surface area contributed by atoms with E-state index in [0.717, 1.165) is 6.20 Å². The van der Waals surface area contributed by atoms with Crippen molar-refractivity contribution in [2.75, 3.05) is 0 Å². The number of rotatable bonds is 3. The summed E-state index contributed by atoms with van der Waals surface area (Å²) in [5, 5.41) is 0. The number of aromatic nitrogens is 1. The first-order chi connectivity index (χ1) is 6.25. The smallest absolute Gasteiger partial charge is 0.146 e. The lowest BCUT2D eigenvalue weighted by Gasteiger charge is -2.10. The van der Waals surface area contributed by atoms with Gasteiger partial charge in [0.25, 0.3) is 0 Å². The molecule has 0 spiro atoms. The molecule has 0 aliphatic rings. The first-order valence-electron chi connectivity index (χ1n) is 4.04. The number of hydrogen-bond donors (Lipinski definition) is 1. The van der Waals surface area contributed by atoms with E-state index in [-0.39, 0.29) is 11.9 Å². The molecule has 0 bridgehead atoms. The molecule has 1 rings (SSSR count). The Morgan fingerprint density at radius 3 is 3.08 bits per heavy atom. The van der Waals surface area contributed by atoms with Crippen molar-refractivity contribution in [2.24, 2.45) is 5.73 Å². The van der Waals surface area contributed by atoms with Crippen molar-refractivity contribution < 1.29 is 4.39 Å². The molecule has 0 fully saturated rings. The van der Waals surface area contributed by atoms with E-state index in [2.05, 4.69) is 10.9 Å². The summed E-state index contributed by atoms with van der Waals surface area (Å²) in [7, 11) is 0. The van der Waals surface area contributed by atoms with Gasteiger partial charge in [-0.25, -0.2) is 4.39 Å². The van der Waals surface area contributed by atoms with E-state index in [1.165, 1.54) is 6.20 Å². The molecule has 0 aromatic carbocycles. The second-order valence-electron chi connectivity index (χ2n) is 2.75. The zero-order chi connectivity index (χ0) is 9.68. The Bertz CT molecular complexity index is 317. The fourth-order valence-electron chi connectivity index (χ4n) is 1.08. The quantitative estimate of drug-likeness (QED) is 0.714. The van der Waals surface area contributed by atoms with Crippen LogP contribution in [0.3, 0.4) is 0 Å². The monoisotopic (exact) mass is 178 g/mol. The topological polar surface area (TPSA) is 38.9 Å². The lowest BCUT2D eigenvalue weighted by atomic mass is 10.0. The Morgan fingerprint density at radius 2 is 2.46 bits per heavy atom. The predicted molar refractivity (Wildman–Crippen MR) is 49.2 cm³/mol. The van der Waals surface area contributed by atoms with Gasteiger partial charge in [0.05, 0.1) is 6.20 Å². The number of terminal acetylenes is 1. The van der Waals surface area contributed by atoms with Gasteiger partial charge in [0.2, 0.25) is 0 Å². The molecule has 3 heteroatoms. The number of hydrogen-bond acceptors (Lipinski definition) is 2. The van der Waals surface area contributed by atoms with Gasteiger partial charge >= 0.3 is 0 Å². The van der Waals surface area contributed by atoms with Crippen LogP contribution in [0.2, 0.25) is 0 Å². The van der Waals surface area contributed by atoms with Crippen molar-refractivity contribution in [1.29, 1.82) is 0 Å². The molecule has 0 amide bonds. The van der Waals surface area contributed by atoms with E-state index in [1.807, 2.05) is 0 Å². The minimum absolute atomic E-state index is 0.334. The van der Waals surface area contributed by atoms with Gasteiger partial charge in [0.1, 0.15) is 5.82 Å². The van der Waals surface area contributed by atoms with Gasteiger partial charge in [-0.1, -0.05) is 0 Å². The van der Waals surface area contributed by atoms with E-state index in [1.54, 1.807) is 6.07 Å². The van der Waals surface area contributed by atoms with Crippen LogP contribution in [-0.2, 0) is 0 Å². The third-order valence-corrected chi connectivity index (χ3v) is 1.80. The number of nitrogens with zero attached hydrogens (tertiary/aromatic N) is 1. The lowest BCUT2D eigenvalue weighted by molar-refractivity contribution is 0.563. The first kappa shape index (κ1) is 9.69. The van der Waals surface area contributed by atoms with Crippen LogP contribution < -0.4 is 5.73 Å². The minimum Gasteiger partial charge on any atom is -0.324 e. The van der Waals surface area contributed by atoms with Crippen molar-refractivity contribution in [1.82, 2.24) is 4.98 Å². The van der Waals surface area contributed by atoms with Crippen LogP contribution in [0.4, 0.5) is 4.39 Å². The normalized spacial score (nSPS) is 12.1. The zero-order valence-electron chi connectivity index (χ0n) is 7.20. The highest BCUT2D eigenvalue weighted by molar-refractivity contribution is 5.17. The highest BCUT2D eigenvalue weighted by Crippen LogP contribution is 2.17. The molecule has 0 aliphatic heterocycles. The molecule has 13 heavy (non-hydrogen) atoms. The summed E-state index contributed by atoms with van der Waals surface area (Å²) in [6.07, 6.45) is 8.91. The minimum atomic E-state index is -0.368. The molecule has 1 unspecified atom stereocenters. The van der Waals surface area contributed by atoms with Gasteiger partial charge in [-0.05, 0) is 12.5 Å². The van der Waals surface area contributed by atoms with E-state index in [9.17, 15) is 4.39 Å². The average Bonchev–Trinajstić information content (AvgIpc) is 2.15. The Morgan fingerprint density at radius 1 is 1.69 bits per heavy atom. The summed E-state index contributed by atoms with van der Waals surface area (Å²) in [6, 6.07) is 1.25. The molecule has 0 radical (unpaired) electrons. The summed E-state index contributed by atoms with van der Waals surface area (Å²) in [5.74, 6) is 2.10. The Labute approximate surface area is 77.0 Å². The van der Waals surface area contributed by atoms with E-state index in [4.69, 9.17) is 12.2 Å². The molecular formula is C10H11FN2. The van der Waals surface area contributed by atoms with Crippen molar-refractivity contribution in [3.63, 3.8) is 0 Å². The number of nitrogens with two attached hydrogens (primary N) is 1. The summed E-state index contributed by atoms with van der Waals surface area (Å²) in [6.45, 7) is 0. The molecule has 1 aromatic rings. The maximum Gasteiger partial charge on any atom is 0.146 e. The summed E-state index contributed by atoms with van der Waals surface area (Å²) in [5.41, 5.74) is 6.20. The Hall–Kier alpha value is -1.40. The highest BCUT2D eigenvalue weighted by Gasteiger charge is 2.09. The van der Waals surface area contributed by atoms with Gasteiger partial charge in [0, 0.05) is 24.2 Å². The third-order valence-electron chi connectivity index (χ3n) is 1.80. The van der Waals surface area contributed by atoms with Gasteiger partial charge in [-0.2, -0.15) is 0 Å². The van der Waals surface area contributed by atoms with Gasteiger partial charge < -0.3 is 5.73 Å². The van der Waals surface area contributed by atoms with Crippen molar-refractivity contribution >= 4 is 0 Å². The van der Waals surface area contributed by atoms with Gasteiger partial charge in [0.15, 0.2) is 0 Å². The standard InChI is InChI=1S/C10H11FN2/c1-2-3-4-10(12)8-5-6-13-7-9(8)11/h1,5-7,10H,3-4,12H2. The van der Waals surface area contributed by atoms with Crippen LogP contribution in [0, 0.1) is 18.2 Å². The van der Waals surface area contributed by atoms with Gasteiger partial charge in [-0.3, -0.25) is 4.98 Å². The summed E-state index contributed by atoms with van der Waals surface area (Å²) in [4.78, 5) is 3.64. The molecule has 68 valence electrons. The van der Waals surface area contributed by atoms with E-state index < -0.39 is 0 Å². The Kier molecular flexibility index (Phi) is 3.41. The second-order valence-corrected chi connectivity index (χ2v) is 2.75. The van der Waals surface area contributed by atoms with Crippen LogP contribution in [0.25, 0.3) is 0 Å². The summed E-state index contributed by atoms with van der Waals surface area (Å²) < 4.78 is 13.1. The fraction of sp³-hybridized carbons (Fsp3) is 0.300. The molecule has 0 aliphatic carbocycles. The van der Waals surface area contributed by atoms with Crippen LogP contribution in [0.15, 0.2) is 18.5 Å². The average molecular weight is 178 g/mol. The van der Waals surface area contributed by atoms with Crippen LogP contribution in [0.5, 0.6) is 0 Å². The van der Waals surface area contributed by atoms with Gasteiger partial charge in [-0.15, -0.1) is 12.3 Å². The molecule has 1 heterocycles. The van der Waals surface area contributed by atoms with Crippen LogP contribution in [0.1, 0.15) is 24.4 Å². The third kappa shape index (κ3) is 2.53. The van der Waals surface area contributed by atoms with E-state index in [0.29, 0.717) is 18.4 Å². The van der Waals surface area contributed by atoms with E-state index >= 15 is 0 Å². The highest BCUT2D eigenvalue weighted by atomic mass is 19.1. The summed E-state index contributed by atoms with van der Waals surface area (Å²) >= 11 is 0. The maximum absolute atomic E-state index is 13.1. The van der Waals surface area contributed by atoms with Crippen LogP contribution in [-0.4, -0.2) is 4.98 Å². The van der Waals surface area contributed by atoms with Crippen LogP contribution >= 0.6 is 0 Å². The second kappa shape index (κ2) is 4.58. The molecular weight excluding hydrogens is 167 g/mol. The number of pyridine rings is 1. The lowest BCUT2D eigenvalue weighted by Crippen LogP contribution is -2.11.